The van der Waals surface area contributed by atoms with Crippen molar-refractivity contribution in [1.29, 1.82) is 0 Å². The fourth-order valence-electron chi connectivity index (χ4n) is 3.23. The highest BCUT2D eigenvalue weighted by Gasteiger charge is 2.26. The number of hydrogen-bond acceptors (Lipinski definition) is 5. The number of anilines is 2. The van der Waals surface area contributed by atoms with E-state index < -0.39 is 0 Å². The standard InChI is InChI=1S/C20H19ClN4OS/c21-15-3-1-4-16(13-15)22-20(26)14-8-10-25(11-9-14)19-7-6-17(23-24-19)18-5-2-12-27-18/h1-7,12-14H,8-11H2,(H,22,26). The maximum atomic E-state index is 12.5. The minimum absolute atomic E-state index is 0.00131. The lowest BCUT2D eigenvalue weighted by atomic mass is 9.96. The zero-order valence-corrected chi connectivity index (χ0v) is 16.2. The highest BCUT2D eigenvalue weighted by atomic mass is 35.5. The molecule has 1 saturated heterocycles. The van der Waals surface area contributed by atoms with E-state index in [9.17, 15) is 4.79 Å². The number of nitrogens with one attached hydrogen (secondary N) is 1. The maximum absolute atomic E-state index is 12.5. The van der Waals surface area contributed by atoms with Crippen molar-refractivity contribution in [2.45, 2.75) is 12.8 Å². The van der Waals surface area contributed by atoms with Crippen molar-refractivity contribution >= 4 is 40.4 Å². The number of carbonyl (C=O) groups is 1. The van der Waals surface area contributed by atoms with Crippen molar-refractivity contribution in [2.75, 3.05) is 23.3 Å². The molecule has 2 aromatic heterocycles. The van der Waals surface area contributed by atoms with Crippen LogP contribution in [0.25, 0.3) is 10.6 Å². The Kier molecular flexibility index (Phi) is 5.36. The molecule has 3 heterocycles. The smallest absolute Gasteiger partial charge is 0.227 e. The average Bonchev–Trinajstić information content (AvgIpc) is 3.23. The fourth-order valence-corrected chi connectivity index (χ4v) is 4.11. The van der Waals surface area contributed by atoms with E-state index in [1.807, 2.05) is 41.8 Å². The summed E-state index contributed by atoms with van der Waals surface area (Å²) < 4.78 is 0. The molecule has 7 heteroatoms. The Hall–Kier alpha value is -2.44. The molecule has 27 heavy (non-hydrogen) atoms. The van der Waals surface area contributed by atoms with Crippen LogP contribution in [0.2, 0.25) is 5.02 Å². The first-order chi connectivity index (χ1) is 13.2. The van der Waals surface area contributed by atoms with Crippen LogP contribution >= 0.6 is 22.9 Å². The number of hydrogen-bond donors (Lipinski definition) is 1. The van der Waals surface area contributed by atoms with E-state index in [2.05, 4.69) is 20.4 Å². The molecule has 4 rings (SSSR count). The van der Waals surface area contributed by atoms with Crippen molar-refractivity contribution < 1.29 is 4.79 Å². The molecule has 1 N–H and O–H groups in total. The monoisotopic (exact) mass is 398 g/mol. The number of rotatable bonds is 4. The van der Waals surface area contributed by atoms with Gasteiger partial charge in [-0.25, -0.2) is 0 Å². The minimum Gasteiger partial charge on any atom is -0.355 e. The van der Waals surface area contributed by atoms with Gasteiger partial charge in [-0.2, -0.15) is 0 Å². The highest BCUT2D eigenvalue weighted by molar-refractivity contribution is 7.13. The van der Waals surface area contributed by atoms with Gasteiger partial charge in [-0.1, -0.05) is 23.7 Å². The Labute approximate surface area is 167 Å². The molecule has 1 amide bonds. The molecule has 0 radical (unpaired) electrons. The minimum atomic E-state index is -0.00131. The number of halogens is 1. The molecule has 1 fully saturated rings. The SMILES string of the molecule is O=C(Nc1cccc(Cl)c1)C1CCN(c2ccc(-c3cccs3)nn2)CC1. The van der Waals surface area contributed by atoms with Crippen LogP contribution in [0, 0.1) is 5.92 Å². The van der Waals surface area contributed by atoms with Crippen LogP contribution in [0.15, 0.2) is 53.9 Å². The molecule has 5 nitrogen and oxygen atoms in total. The van der Waals surface area contributed by atoms with Crippen molar-refractivity contribution in [3.63, 3.8) is 0 Å². The average molecular weight is 399 g/mol. The lowest BCUT2D eigenvalue weighted by Gasteiger charge is -2.31. The van der Waals surface area contributed by atoms with Crippen molar-refractivity contribution in [3.8, 4) is 10.6 Å². The number of amides is 1. The molecular weight excluding hydrogens is 380 g/mol. The second-order valence-corrected chi connectivity index (χ2v) is 7.90. The van der Waals surface area contributed by atoms with Gasteiger partial charge in [0.15, 0.2) is 5.82 Å². The van der Waals surface area contributed by atoms with E-state index in [0.717, 1.165) is 48.0 Å². The topological polar surface area (TPSA) is 58.1 Å². The van der Waals surface area contributed by atoms with Gasteiger partial charge < -0.3 is 10.2 Å². The Bertz CT molecular complexity index is 906. The van der Waals surface area contributed by atoms with Crippen LogP contribution in [-0.2, 0) is 4.79 Å². The molecule has 0 spiro atoms. The lowest BCUT2D eigenvalue weighted by Crippen LogP contribution is -2.38. The molecular formula is C20H19ClN4OS. The Morgan fingerprint density at radius 1 is 1.11 bits per heavy atom. The molecule has 1 aliphatic heterocycles. The van der Waals surface area contributed by atoms with Gasteiger partial charge in [0.25, 0.3) is 0 Å². The number of benzene rings is 1. The van der Waals surface area contributed by atoms with Gasteiger partial charge in [-0.05, 0) is 54.6 Å². The van der Waals surface area contributed by atoms with Gasteiger partial charge in [0.05, 0.1) is 4.88 Å². The number of carbonyl (C=O) groups excluding carboxylic acids is 1. The van der Waals surface area contributed by atoms with Crippen molar-refractivity contribution in [1.82, 2.24) is 10.2 Å². The molecule has 138 valence electrons. The third-order valence-corrected chi connectivity index (χ3v) is 5.83. The van der Waals surface area contributed by atoms with Crippen LogP contribution in [0.3, 0.4) is 0 Å². The van der Waals surface area contributed by atoms with E-state index in [1.165, 1.54) is 0 Å². The second-order valence-electron chi connectivity index (χ2n) is 6.51. The van der Waals surface area contributed by atoms with Crippen molar-refractivity contribution in [2.24, 2.45) is 5.92 Å². The quantitative estimate of drug-likeness (QED) is 0.691. The number of thiophene rings is 1. The lowest BCUT2D eigenvalue weighted by molar-refractivity contribution is -0.120. The third-order valence-electron chi connectivity index (χ3n) is 4.71. The molecule has 0 unspecified atom stereocenters. The first kappa shape index (κ1) is 17.9. The first-order valence-corrected chi connectivity index (χ1v) is 10.1. The summed E-state index contributed by atoms with van der Waals surface area (Å²) >= 11 is 7.63. The molecule has 3 aromatic rings. The van der Waals surface area contributed by atoms with Gasteiger partial charge in [-0.3, -0.25) is 4.79 Å². The first-order valence-electron chi connectivity index (χ1n) is 8.88. The molecule has 0 saturated carbocycles. The fraction of sp³-hybridized carbons (Fsp3) is 0.250. The summed E-state index contributed by atoms with van der Waals surface area (Å²) in [6.07, 6.45) is 1.58. The predicted molar refractivity (Wildman–Crippen MR) is 110 cm³/mol. The summed E-state index contributed by atoms with van der Waals surface area (Å²) in [6, 6.07) is 15.3. The number of piperidine rings is 1. The maximum Gasteiger partial charge on any atom is 0.227 e. The Balaban J connectivity index is 1.34. The summed E-state index contributed by atoms with van der Waals surface area (Å²) in [5.74, 6) is 0.915. The molecule has 0 bridgehead atoms. The second kappa shape index (κ2) is 8.06. The highest BCUT2D eigenvalue weighted by Crippen LogP contribution is 2.26. The largest absolute Gasteiger partial charge is 0.355 e. The van der Waals surface area contributed by atoms with Crippen LogP contribution in [0.4, 0.5) is 11.5 Å². The summed E-state index contributed by atoms with van der Waals surface area (Å²) in [6.45, 7) is 1.58. The van der Waals surface area contributed by atoms with Gasteiger partial charge in [0.2, 0.25) is 5.91 Å². The molecule has 1 aromatic carbocycles. The van der Waals surface area contributed by atoms with Gasteiger partial charge in [0, 0.05) is 29.7 Å². The summed E-state index contributed by atoms with van der Waals surface area (Å²) in [7, 11) is 0. The van der Waals surface area contributed by atoms with Gasteiger partial charge in [-0.15, -0.1) is 21.5 Å². The summed E-state index contributed by atoms with van der Waals surface area (Å²) in [5.41, 5.74) is 1.63. The van der Waals surface area contributed by atoms with Crippen LogP contribution in [0.5, 0.6) is 0 Å². The summed E-state index contributed by atoms with van der Waals surface area (Å²) in [5, 5.41) is 14.3. The molecule has 0 atom stereocenters. The number of aromatic nitrogens is 2. The van der Waals surface area contributed by atoms with Crippen molar-refractivity contribution in [3.05, 3.63) is 58.9 Å². The van der Waals surface area contributed by atoms with Crippen LogP contribution in [-0.4, -0.2) is 29.2 Å². The van der Waals surface area contributed by atoms with E-state index in [4.69, 9.17) is 11.6 Å². The third kappa shape index (κ3) is 4.28. The Morgan fingerprint density at radius 2 is 1.96 bits per heavy atom. The Morgan fingerprint density at radius 3 is 2.63 bits per heavy atom. The zero-order chi connectivity index (χ0) is 18.6. The van der Waals surface area contributed by atoms with E-state index >= 15 is 0 Å². The molecule has 0 aliphatic carbocycles. The number of nitrogens with zero attached hydrogens (tertiary/aromatic N) is 3. The predicted octanol–water partition coefficient (Wildman–Crippen LogP) is 4.71. The van der Waals surface area contributed by atoms with Gasteiger partial charge in [0.1, 0.15) is 5.69 Å². The van der Waals surface area contributed by atoms with E-state index in [-0.39, 0.29) is 11.8 Å². The van der Waals surface area contributed by atoms with Crippen LogP contribution < -0.4 is 10.2 Å². The normalized spacial score (nSPS) is 14.9. The van der Waals surface area contributed by atoms with E-state index in [1.54, 1.807) is 23.5 Å². The summed E-state index contributed by atoms with van der Waals surface area (Å²) in [4.78, 5) is 15.8. The van der Waals surface area contributed by atoms with E-state index in [0.29, 0.717) is 5.02 Å². The zero-order valence-electron chi connectivity index (χ0n) is 14.6. The van der Waals surface area contributed by atoms with Crippen LogP contribution in [0.1, 0.15) is 12.8 Å². The van der Waals surface area contributed by atoms with Gasteiger partial charge >= 0.3 is 0 Å². The molecule has 1 aliphatic rings.